The van der Waals surface area contributed by atoms with Crippen molar-refractivity contribution in [1.29, 1.82) is 0 Å². The Morgan fingerprint density at radius 2 is 2.20 bits per heavy atom. The third-order valence-corrected chi connectivity index (χ3v) is 6.27. The number of methoxy groups -OCH3 is 1. The standard InChI is InChI=1S/C18H24N2O4S/c1-19-7-6-13-9-20(12-18(13,11-19)17(22)23)16(21)10-25-15-5-3-4-14(8-15)24-2/h3-5,8,13H,6-7,9-12H2,1-2H3,(H,22,23)/t13-,18-/m1/s1. The van der Waals surface area contributed by atoms with Crippen molar-refractivity contribution >= 4 is 23.6 Å². The second kappa shape index (κ2) is 7.25. The maximum Gasteiger partial charge on any atom is 0.313 e. The zero-order valence-electron chi connectivity index (χ0n) is 14.6. The molecular weight excluding hydrogens is 340 g/mol. The summed E-state index contributed by atoms with van der Waals surface area (Å²) >= 11 is 1.46. The average molecular weight is 364 g/mol. The minimum Gasteiger partial charge on any atom is -0.497 e. The van der Waals surface area contributed by atoms with Crippen molar-refractivity contribution in [2.75, 3.05) is 46.1 Å². The first kappa shape index (κ1) is 18.1. The van der Waals surface area contributed by atoms with Gasteiger partial charge in [0.05, 0.1) is 12.9 Å². The molecule has 1 N–H and O–H groups in total. The molecule has 6 nitrogen and oxygen atoms in total. The molecule has 2 atom stereocenters. The van der Waals surface area contributed by atoms with Crippen LogP contribution in [0.2, 0.25) is 0 Å². The molecule has 0 aromatic heterocycles. The normalized spacial score (nSPS) is 26.3. The second-order valence-electron chi connectivity index (χ2n) is 6.93. The molecule has 3 rings (SSSR count). The van der Waals surface area contributed by atoms with Crippen molar-refractivity contribution < 1.29 is 19.4 Å². The molecule has 0 unspecified atom stereocenters. The quantitative estimate of drug-likeness (QED) is 0.801. The van der Waals surface area contributed by atoms with Gasteiger partial charge in [-0.05, 0) is 44.1 Å². The van der Waals surface area contributed by atoms with Crippen LogP contribution in [0.3, 0.4) is 0 Å². The summed E-state index contributed by atoms with van der Waals surface area (Å²) in [4.78, 5) is 29.3. The Kier molecular flexibility index (Phi) is 5.24. The Balaban J connectivity index is 1.64. The average Bonchev–Trinajstić information content (AvgIpc) is 3.00. The lowest BCUT2D eigenvalue weighted by Gasteiger charge is -2.39. The predicted octanol–water partition coefficient (Wildman–Crippen LogP) is 1.65. The number of piperidine rings is 1. The van der Waals surface area contributed by atoms with E-state index >= 15 is 0 Å². The summed E-state index contributed by atoms with van der Waals surface area (Å²) in [6, 6.07) is 7.60. The number of carboxylic acid groups (broad SMARTS) is 1. The van der Waals surface area contributed by atoms with Gasteiger partial charge in [-0.1, -0.05) is 6.07 Å². The third-order valence-electron chi connectivity index (χ3n) is 5.29. The third kappa shape index (κ3) is 3.62. The van der Waals surface area contributed by atoms with Crippen molar-refractivity contribution in [2.24, 2.45) is 11.3 Å². The molecule has 2 fully saturated rings. The fraction of sp³-hybridized carbons (Fsp3) is 0.556. The zero-order chi connectivity index (χ0) is 18.0. The molecule has 1 aromatic rings. The van der Waals surface area contributed by atoms with Gasteiger partial charge in [-0.25, -0.2) is 0 Å². The number of carbonyl (C=O) groups is 2. The number of aliphatic carboxylic acids is 1. The number of hydrogen-bond acceptors (Lipinski definition) is 5. The van der Waals surface area contributed by atoms with E-state index < -0.39 is 11.4 Å². The van der Waals surface area contributed by atoms with Crippen LogP contribution in [0.15, 0.2) is 29.2 Å². The highest BCUT2D eigenvalue weighted by atomic mass is 32.2. The van der Waals surface area contributed by atoms with Crippen molar-refractivity contribution in [3.8, 4) is 5.75 Å². The van der Waals surface area contributed by atoms with E-state index in [4.69, 9.17) is 4.74 Å². The molecule has 2 aliphatic heterocycles. The first-order valence-electron chi connectivity index (χ1n) is 8.41. The number of hydrogen-bond donors (Lipinski definition) is 1. The van der Waals surface area contributed by atoms with Crippen LogP contribution >= 0.6 is 11.8 Å². The van der Waals surface area contributed by atoms with Crippen LogP contribution < -0.4 is 4.74 Å². The molecule has 0 spiro atoms. The van der Waals surface area contributed by atoms with E-state index in [0.717, 1.165) is 23.6 Å². The molecule has 1 aromatic carbocycles. The van der Waals surface area contributed by atoms with Crippen molar-refractivity contribution in [3.63, 3.8) is 0 Å². The summed E-state index contributed by atoms with van der Waals surface area (Å²) in [7, 11) is 3.56. The van der Waals surface area contributed by atoms with Crippen LogP contribution in [0.4, 0.5) is 0 Å². The SMILES string of the molecule is COc1cccc(SCC(=O)N2C[C@H]3CCN(C)C[C@@]3(C(=O)O)C2)c1. The Labute approximate surface area is 152 Å². The molecule has 25 heavy (non-hydrogen) atoms. The molecule has 0 radical (unpaired) electrons. The predicted molar refractivity (Wildman–Crippen MR) is 96.0 cm³/mol. The van der Waals surface area contributed by atoms with E-state index in [1.165, 1.54) is 11.8 Å². The molecule has 7 heteroatoms. The van der Waals surface area contributed by atoms with E-state index in [2.05, 4.69) is 4.90 Å². The van der Waals surface area contributed by atoms with Gasteiger partial charge in [0.25, 0.3) is 0 Å². The van der Waals surface area contributed by atoms with Crippen molar-refractivity contribution in [3.05, 3.63) is 24.3 Å². The van der Waals surface area contributed by atoms with Crippen LogP contribution in [0.25, 0.3) is 0 Å². The summed E-state index contributed by atoms with van der Waals surface area (Å²) in [6.45, 7) is 2.27. The number of likely N-dealkylation sites (tertiary alicyclic amines) is 2. The molecular formula is C18H24N2O4S. The van der Waals surface area contributed by atoms with Crippen LogP contribution in [0.5, 0.6) is 5.75 Å². The maximum atomic E-state index is 12.6. The number of carbonyl (C=O) groups excluding carboxylic acids is 1. The Hall–Kier alpha value is -1.73. The molecule has 136 valence electrons. The van der Waals surface area contributed by atoms with Gasteiger partial charge >= 0.3 is 5.97 Å². The van der Waals surface area contributed by atoms with Gasteiger partial charge in [-0.2, -0.15) is 0 Å². The van der Waals surface area contributed by atoms with Crippen LogP contribution in [-0.2, 0) is 9.59 Å². The highest BCUT2D eigenvalue weighted by molar-refractivity contribution is 8.00. The van der Waals surface area contributed by atoms with E-state index in [-0.39, 0.29) is 11.8 Å². The molecule has 0 aliphatic carbocycles. The van der Waals surface area contributed by atoms with Crippen molar-refractivity contribution in [1.82, 2.24) is 9.80 Å². The number of carboxylic acids is 1. The Morgan fingerprint density at radius 3 is 2.92 bits per heavy atom. The number of nitrogens with zero attached hydrogens (tertiary/aromatic N) is 2. The highest BCUT2D eigenvalue weighted by Crippen LogP contribution is 2.42. The lowest BCUT2D eigenvalue weighted by atomic mass is 9.73. The van der Waals surface area contributed by atoms with Gasteiger partial charge in [0.15, 0.2) is 0 Å². The number of thioether (sulfide) groups is 1. The van der Waals surface area contributed by atoms with Gasteiger partial charge in [-0.15, -0.1) is 11.8 Å². The summed E-state index contributed by atoms with van der Waals surface area (Å²) in [6.07, 6.45) is 0.829. The fourth-order valence-electron chi connectivity index (χ4n) is 3.89. The van der Waals surface area contributed by atoms with Gasteiger partial charge in [0.1, 0.15) is 11.2 Å². The number of ether oxygens (including phenoxy) is 1. The molecule has 0 saturated carbocycles. The van der Waals surface area contributed by atoms with E-state index in [1.807, 2.05) is 31.3 Å². The lowest BCUT2D eigenvalue weighted by molar-refractivity contribution is -0.154. The topological polar surface area (TPSA) is 70.1 Å². The van der Waals surface area contributed by atoms with Crippen LogP contribution in [0.1, 0.15) is 6.42 Å². The molecule has 2 heterocycles. The first-order valence-corrected chi connectivity index (χ1v) is 9.40. The van der Waals surface area contributed by atoms with Gasteiger partial charge in [-0.3, -0.25) is 9.59 Å². The Bertz CT molecular complexity index is 668. The zero-order valence-corrected chi connectivity index (χ0v) is 15.4. The second-order valence-corrected chi connectivity index (χ2v) is 7.98. The highest BCUT2D eigenvalue weighted by Gasteiger charge is 2.55. The largest absolute Gasteiger partial charge is 0.497 e. The fourth-order valence-corrected chi connectivity index (χ4v) is 4.73. The summed E-state index contributed by atoms with van der Waals surface area (Å²) in [5.41, 5.74) is -0.816. The summed E-state index contributed by atoms with van der Waals surface area (Å²) < 4.78 is 5.20. The Morgan fingerprint density at radius 1 is 1.40 bits per heavy atom. The number of benzene rings is 1. The van der Waals surface area contributed by atoms with Crippen molar-refractivity contribution in [2.45, 2.75) is 11.3 Å². The van der Waals surface area contributed by atoms with Gasteiger partial charge in [0.2, 0.25) is 5.91 Å². The summed E-state index contributed by atoms with van der Waals surface area (Å²) in [5.74, 6) is 0.348. The lowest BCUT2D eigenvalue weighted by Crippen LogP contribution is -2.52. The number of fused-ring (bicyclic) bond motifs is 1. The van der Waals surface area contributed by atoms with E-state index in [1.54, 1.807) is 12.0 Å². The molecule has 0 bridgehead atoms. The number of rotatable bonds is 5. The van der Waals surface area contributed by atoms with Crippen LogP contribution in [-0.4, -0.2) is 72.9 Å². The minimum atomic E-state index is -0.816. The van der Waals surface area contributed by atoms with Gasteiger partial charge in [0, 0.05) is 24.5 Å². The molecule has 2 saturated heterocycles. The monoisotopic (exact) mass is 364 g/mol. The number of amides is 1. The summed E-state index contributed by atoms with van der Waals surface area (Å²) in [5, 5.41) is 9.80. The smallest absolute Gasteiger partial charge is 0.313 e. The minimum absolute atomic E-state index is 0.00509. The van der Waals surface area contributed by atoms with Gasteiger partial charge < -0.3 is 19.6 Å². The maximum absolute atomic E-state index is 12.6. The van der Waals surface area contributed by atoms with E-state index in [0.29, 0.717) is 25.4 Å². The van der Waals surface area contributed by atoms with Crippen LogP contribution in [0, 0.1) is 11.3 Å². The van der Waals surface area contributed by atoms with E-state index in [9.17, 15) is 14.7 Å². The molecule has 1 amide bonds. The molecule has 2 aliphatic rings. The first-order chi connectivity index (χ1) is 11.9.